The number of rotatable bonds is 11. The van der Waals surface area contributed by atoms with Crippen LogP contribution in [0.2, 0.25) is 0 Å². The van der Waals surface area contributed by atoms with E-state index in [-0.39, 0.29) is 33.3 Å². The predicted molar refractivity (Wildman–Crippen MR) is 187 cm³/mol. The van der Waals surface area contributed by atoms with Gasteiger partial charge < -0.3 is 9.47 Å². The summed E-state index contributed by atoms with van der Waals surface area (Å²) < 4.78 is 66.1. The molecule has 1 aromatic carbocycles. The van der Waals surface area contributed by atoms with E-state index in [0.717, 1.165) is 94.0 Å². The highest BCUT2D eigenvalue weighted by molar-refractivity contribution is 7.90. The van der Waals surface area contributed by atoms with Crippen LogP contribution in [-0.4, -0.2) is 68.7 Å². The lowest BCUT2D eigenvalue weighted by molar-refractivity contribution is -0.118. The van der Waals surface area contributed by atoms with Crippen molar-refractivity contribution < 1.29 is 31.1 Å². The Morgan fingerprint density at radius 1 is 0.784 bits per heavy atom. The van der Waals surface area contributed by atoms with Gasteiger partial charge in [-0.2, -0.15) is 18.6 Å². The van der Waals surface area contributed by atoms with Gasteiger partial charge in [0.15, 0.2) is 10.1 Å². The maximum atomic E-state index is 13.2. The molecule has 3 aromatic rings. The second kappa shape index (κ2) is 12.8. The van der Waals surface area contributed by atoms with Crippen LogP contribution in [0.25, 0.3) is 0 Å². The number of benzene rings is 1. The largest absolute Gasteiger partial charge is 0.379 e. The molecule has 51 heavy (non-hydrogen) atoms. The number of ether oxygens (including phenoxy) is 2. The number of nitrogens with one attached hydrogen (secondary N) is 1. The van der Waals surface area contributed by atoms with E-state index in [1.807, 2.05) is 9.36 Å². The number of nitrogens with two attached hydrogens (primary N) is 1. The summed E-state index contributed by atoms with van der Waals surface area (Å²) in [5.74, 6) is -0.468. The molecule has 0 unspecified atom stereocenters. The first kappa shape index (κ1) is 34.9. The standard InChI is InChI=1S/C25H31N3O4S.C11H17N3O3S/c1-2-25(14-32-15-25)22-13-24(26-28(22)18-9-10-18)33(30,31)27-23(29)12-21-19-7-3-5-16(19)11-17-6-4-8-20(17)21;1-2-11(6-17-7-11)9-5-10(18(12,15)16)13-14(9)8-3-4-8/h11,13,18H,2-10,12,14-15H2,1H3,(H,27,29);5,8H,2-4,6-7H2,1H3,(H2,12,15,16). The highest BCUT2D eigenvalue weighted by Gasteiger charge is 2.46. The summed E-state index contributed by atoms with van der Waals surface area (Å²) in [5, 5.41) is 13.8. The number of sulfonamides is 2. The average molecular weight is 741 g/mol. The smallest absolute Gasteiger partial charge is 0.283 e. The number of amides is 1. The molecule has 4 fully saturated rings. The molecule has 276 valence electrons. The fourth-order valence-corrected chi connectivity index (χ4v) is 9.73. The second-order valence-corrected chi connectivity index (χ2v) is 18.6. The van der Waals surface area contributed by atoms with Gasteiger partial charge in [0, 0.05) is 12.1 Å². The maximum absolute atomic E-state index is 13.2. The van der Waals surface area contributed by atoms with E-state index in [4.69, 9.17) is 14.6 Å². The van der Waals surface area contributed by atoms with Crippen LogP contribution in [0.5, 0.6) is 0 Å². The minimum atomic E-state index is -4.04. The van der Waals surface area contributed by atoms with E-state index in [1.54, 1.807) is 12.1 Å². The third kappa shape index (κ3) is 6.36. The summed E-state index contributed by atoms with van der Waals surface area (Å²) >= 11 is 0. The zero-order valence-electron chi connectivity index (χ0n) is 29.4. The SMILES string of the molecule is CCC1(c2cc(S(=O)(=O)NC(=O)Cc3c4c(cc5c3CCC5)CCC4)nn2C2CC2)COC1.CCC1(c2cc(S(N)(=O)=O)nn2C2CC2)COC1. The summed E-state index contributed by atoms with van der Waals surface area (Å²) in [6, 6.07) is 6.19. The lowest BCUT2D eigenvalue weighted by atomic mass is 9.80. The molecule has 6 aliphatic rings. The van der Waals surface area contributed by atoms with Crippen LogP contribution in [0.4, 0.5) is 0 Å². The van der Waals surface area contributed by atoms with Gasteiger partial charge in [-0.05, 0) is 105 Å². The van der Waals surface area contributed by atoms with Crippen molar-refractivity contribution in [3.63, 3.8) is 0 Å². The van der Waals surface area contributed by atoms with E-state index in [1.165, 1.54) is 22.3 Å². The quantitative estimate of drug-likeness (QED) is 0.298. The van der Waals surface area contributed by atoms with Crippen LogP contribution in [0, 0.1) is 0 Å². The molecule has 9 rings (SSSR count). The molecule has 1 amide bonds. The Morgan fingerprint density at radius 2 is 1.25 bits per heavy atom. The second-order valence-electron chi connectivity index (χ2n) is 15.4. The van der Waals surface area contributed by atoms with Crippen molar-refractivity contribution in [2.75, 3.05) is 26.4 Å². The van der Waals surface area contributed by atoms with Crippen LogP contribution in [0.1, 0.15) is 117 Å². The van der Waals surface area contributed by atoms with E-state index >= 15 is 0 Å². The Kier molecular flexibility index (Phi) is 8.76. The molecule has 2 saturated carbocycles. The molecule has 15 heteroatoms. The van der Waals surface area contributed by atoms with Crippen LogP contribution in [0.15, 0.2) is 28.3 Å². The monoisotopic (exact) mass is 740 g/mol. The lowest BCUT2D eigenvalue weighted by Crippen LogP contribution is -2.47. The van der Waals surface area contributed by atoms with Crippen LogP contribution >= 0.6 is 0 Å². The van der Waals surface area contributed by atoms with Crippen molar-refractivity contribution in [1.82, 2.24) is 24.3 Å². The molecule has 0 radical (unpaired) electrons. The molecule has 4 heterocycles. The van der Waals surface area contributed by atoms with Gasteiger partial charge >= 0.3 is 0 Å². The van der Waals surface area contributed by atoms with E-state index in [0.29, 0.717) is 32.5 Å². The van der Waals surface area contributed by atoms with Crippen molar-refractivity contribution >= 4 is 26.0 Å². The number of hydrogen-bond donors (Lipinski definition) is 2. The molecule has 0 spiro atoms. The first-order chi connectivity index (χ1) is 24.4. The lowest BCUT2D eigenvalue weighted by Gasteiger charge is -2.41. The van der Waals surface area contributed by atoms with Gasteiger partial charge in [0.2, 0.25) is 5.91 Å². The fourth-order valence-electron chi connectivity index (χ4n) is 8.31. The highest BCUT2D eigenvalue weighted by Crippen LogP contribution is 2.44. The number of primary sulfonamides is 1. The van der Waals surface area contributed by atoms with E-state index in [9.17, 15) is 21.6 Å². The molecule has 4 aliphatic carbocycles. The number of aromatic nitrogens is 4. The Bertz CT molecular complexity index is 2050. The van der Waals surface area contributed by atoms with Crippen LogP contribution in [-0.2, 0) is 77.2 Å². The number of hydrogen-bond acceptors (Lipinski definition) is 9. The molecule has 2 aliphatic heterocycles. The third-order valence-corrected chi connectivity index (χ3v) is 13.9. The molecule has 0 atom stereocenters. The molecular weight excluding hydrogens is 693 g/mol. The summed E-state index contributed by atoms with van der Waals surface area (Å²) in [6.45, 7) is 6.61. The number of carbonyl (C=O) groups is 1. The van der Waals surface area contributed by atoms with Crippen molar-refractivity contribution in [3.05, 3.63) is 57.4 Å². The topological polar surface area (TPSA) is 177 Å². The Balaban J connectivity index is 0.000000175. The number of nitrogens with zero attached hydrogens (tertiary/aromatic N) is 4. The van der Waals surface area contributed by atoms with Gasteiger partial charge in [-0.15, -0.1) is 0 Å². The Hall–Kier alpha value is -3.11. The van der Waals surface area contributed by atoms with Gasteiger partial charge in [0.05, 0.1) is 67.1 Å². The highest BCUT2D eigenvalue weighted by atomic mass is 32.2. The maximum Gasteiger partial charge on any atom is 0.283 e. The van der Waals surface area contributed by atoms with Crippen molar-refractivity contribution in [3.8, 4) is 0 Å². The number of aryl methyl sites for hydroxylation is 2. The normalized spacial score (nSPS) is 21.5. The fraction of sp³-hybridized carbons (Fsp3) is 0.639. The Labute approximate surface area is 299 Å². The minimum Gasteiger partial charge on any atom is -0.379 e. The summed E-state index contributed by atoms with van der Waals surface area (Å²) in [5.41, 5.74) is 7.94. The molecule has 3 N–H and O–H groups in total. The van der Waals surface area contributed by atoms with Gasteiger partial charge in [-0.3, -0.25) is 14.2 Å². The van der Waals surface area contributed by atoms with Crippen LogP contribution in [0.3, 0.4) is 0 Å². The van der Waals surface area contributed by atoms with Crippen LogP contribution < -0.4 is 9.86 Å². The molecular formula is C36H48N6O7S2. The average Bonchev–Trinajstić information content (AvgIpc) is 3.82. The van der Waals surface area contributed by atoms with E-state index in [2.05, 4.69) is 34.8 Å². The molecule has 13 nitrogen and oxygen atoms in total. The molecule has 2 saturated heterocycles. The zero-order valence-corrected chi connectivity index (χ0v) is 31.1. The van der Waals surface area contributed by atoms with Crippen molar-refractivity contribution in [1.29, 1.82) is 0 Å². The number of carbonyl (C=O) groups excluding carboxylic acids is 1. The zero-order chi connectivity index (χ0) is 35.8. The van der Waals surface area contributed by atoms with E-state index < -0.39 is 26.0 Å². The summed E-state index contributed by atoms with van der Waals surface area (Å²) in [6.07, 6.45) is 12.3. The molecule has 2 aromatic heterocycles. The first-order valence-electron chi connectivity index (χ1n) is 18.5. The first-order valence-corrected chi connectivity index (χ1v) is 21.5. The molecule has 0 bridgehead atoms. The van der Waals surface area contributed by atoms with Gasteiger partial charge in [-0.25, -0.2) is 18.3 Å². The van der Waals surface area contributed by atoms with Gasteiger partial charge in [-0.1, -0.05) is 19.9 Å². The van der Waals surface area contributed by atoms with Crippen molar-refractivity contribution in [2.45, 2.75) is 130 Å². The number of fused-ring (bicyclic) bond motifs is 2. The van der Waals surface area contributed by atoms with Gasteiger partial charge in [0.1, 0.15) is 0 Å². The predicted octanol–water partition coefficient (Wildman–Crippen LogP) is 3.46. The summed E-state index contributed by atoms with van der Waals surface area (Å²) in [7, 11) is -7.78. The minimum absolute atomic E-state index is 0.0240. The summed E-state index contributed by atoms with van der Waals surface area (Å²) in [4.78, 5) is 13.0. The van der Waals surface area contributed by atoms with Gasteiger partial charge in [0.25, 0.3) is 20.0 Å². The third-order valence-electron chi connectivity index (χ3n) is 11.9. The Morgan fingerprint density at radius 3 is 1.67 bits per heavy atom. The van der Waals surface area contributed by atoms with Crippen molar-refractivity contribution in [2.24, 2.45) is 5.14 Å².